The zero-order valence-electron chi connectivity index (χ0n) is 38.2. The molecule has 10 aromatic carbocycles. The first-order valence-electron chi connectivity index (χ1n) is 23.8. The third-order valence-corrected chi connectivity index (χ3v) is 19.6. The standard InChI is InChI=1S/C64H48N2Si/c1-63(2)50-27-11-9-25-48(50)62-54(63)30-18-33-58(62)65(43-36-38-57-49(39-43)46-24-10-14-32-56(46)66(57)42-21-6-5-7-22-42)44-35-37-53-60(40-44)67(3,4)59-34-15-13-29-52(59)64(53)51-28-12-8-23-45(51)47-26-16-19-41-20-17-31-55(64)61(41)47/h5-40H,1-4H3. The number of para-hydroxylation sites is 2. The van der Waals surface area contributed by atoms with Gasteiger partial charge in [-0.25, -0.2) is 0 Å². The van der Waals surface area contributed by atoms with Crippen LogP contribution in [0.4, 0.5) is 17.1 Å². The number of hydrogen-bond acceptors (Lipinski definition) is 1. The number of aromatic nitrogens is 1. The fraction of sp³-hybridized carbons (Fsp3) is 0.0938. The highest BCUT2D eigenvalue weighted by Gasteiger charge is 2.53. The van der Waals surface area contributed by atoms with Crippen molar-refractivity contribution < 1.29 is 0 Å². The summed E-state index contributed by atoms with van der Waals surface area (Å²) in [5.74, 6) is 0. The molecule has 1 spiro atoms. The van der Waals surface area contributed by atoms with E-state index in [1.165, 1.54) is 110 Å². The van der Waals surface area contributed by atoms with E-state index in [2.05, 4.69) is 255 Å². The molecule has 0 N–H and O–H groups in total. The minimum absolute atomic E-state index is 0.146. The molecule has 0 radical (unpaired) electrons. The Labute approximate surface area is 393 Å². The van der Waals surface area contributed by atoms with Gasteiger partial charge in [0.15, 0.2) is 0 Å². The molecule has 0 saturated carbocycles. The molecule has 1 aromatic heterocycles. The van der Waals surface area contributed by atoms with Crippen LogP contribution in [-0.4, -0.2) is 12.6 Å². The van der Waals surface area contributed by atoms with E-state index in [0.29, 0.717) is 0 Å². The summed E-state index contributed by atoms with van der Waals surface area (Å²) in [5.41, 5.74) is 20.0. The molecule has 1 aliphatic heterocycles. The van der Waals surface area contributed by atoms with Crippen LogP contribution in [0.3, 0.4) is 0 Å². The van der Waals surface area contributed by atoms with Crippen molar-refractivity contribution in [3.63, 3.8) is 0 Å². The quantitative estimate of drug-likeness (QED) is 0.160. The molecule has 0 fully saturated rings. The molecule has 1 atom stereocenters. The summed E-state index contributed by atoms with van der Waals surface area (Å²) < 4.78 is 2.42. The Morgan fingerprint density at radius 2 is 1.01 bits per heavy atom. The molecule has 2 nitrogen and oxygen atoms in total. The van der Waals surface area contributed by atoms with Crippen molar-refractivity contribution in [2.75, 3.05) is 4.90 Å². The van der Waals surface area contributed by atoms with E-state index < -0.39 is 13.5 Å². The molecule has 0 bridgehead atoms. The number of hydrogen-bond donors (Lipinski definition) is 0. The molecule has 3 aliphatic rings. The molecular formula is C64H48N2Si. The summed E-state index contributed by atoms with van der Waals surface area (Å²) >= 11 is 0. The van der Waals surface area contributed by atoms with E-state index in [9.17, 15) is 0 Å². The number of anilines is 3. The van der Waals surface area contributed by atoms with E-state index >= 15 is 0 Å². The number of benzene rings is 10. The van der Waals surface area contributed by atoms with Gasteiger partial charge in [0.05, 0.1) is 22.1 Å². The van der Waals surface area contributed by atoms with Crippen LogP contribution in [0.25, 0.3) is 60.5 Å². The summed E-state index contributed by atoms with van der Waals surface area (Å²) in [6, 6.07) is 83.1. The molecule has 1 unspecified atom stereocenters. The smallest absolute Gasteiger partial charge is 0.113 e. The third kappa shape index (κ3) is 4.99. The molecule has 11 aromatic rings. The van der Waals surface area contributed by atoms with E-state index in [0.717, 1.165) is 11.4 Å². The Morgan fingerprint density at radius 1 is 0.418 bits per heavy atom. The predicted molar refractivity (Wildman–Crippen MR) is 285 cm³/mol. The Hall–Kier alpha value is -7.72. The second-order valence-corrected chi connectivity index (χ2v) is 24.3. The van der Waals surface area contributed by atoms with E-state index in [1.54, 1.807) is 0 Å². The van der Waals surface area contributed by atoms with Crippen molar-refractivity contribution in [2.45, 2.75) is 37.8 Å². The van der Waals surface area contributed by atoms with Crippen molar-refractivity contribution in [1.29, 1.82) is 0 Å². The first-order chi connectivity index (χ1) is 32.8. The van der Waals surface area contributed by atoms with Crippen LogP contribution in [0.2, 0.25) is 13.1 Å². The van der Waals surface area contributed by atoms with E-state index in [4.69, 9.17) is 0 Å². The average molecular weight is 873 g/mol. The monoisotopic (exact) mass is 872 g/mol. The summed E-state index contributed by atoms with van der Waals surface area (Å²) in [6.07, 6.45) is 0. The summed E-state index contributed by atoms with van der Waals surface area (Å²) in [6.45, 7) is 9.94. The van der Waals surface area contributed by atoms with Gasteiger partial charge in [0.1, 0.15) is 8.07 Å². The molecule has 3 heteroatoms. The molecule has 0 amide bonds. The SMILES string of the molecule is CC1(C)c2ccccc2-c2c(N(c3ccc4c(c3)[Si](C)(C)c3ccccc3C43c4ccccc4-c4cccc5cccc3c45)c3ccc4c(c3)c3ccccc3n4-c3ccccc3)cccc21. The van der Waals surface area contributed by atoms with Crippen LogP contribution >= 0.6 is 0 Å². The van der Waals surface area contributed by atoms with Crippen molar-refractivity contribution in [1.82, 2.24) is 4.57 Å². The number of rotatable bonds is 4. The maximum Gasteiger partial charge on any atom is 0.113 e. The topological polar surface area (TPSA) is 8.17 Å². The van der Waals surface area contributed by atoms with Gasteiger partial charge in [0, 0.05) is 38.8 Å². The van der Waals surface area contributed by atoms with Gasteiger partial charge in [-0.15, -0.1) is 0 Å². The van der Waals surface area contributed by atoms with Crippen molar-refractivity contribution >= 4 is 68.1 Å². The highest BCUT2D eigenvalue weighted by Crippen LogP contribution is 2.58. The van der Waals surface area contributed by atoms with Gasteiger partial charge < -0.3 is 9.47 Å². The lowest BCUT2D eigenvalue weighted by atomic mass is 9.59. The van der Waals surface area contributed by atoms with Crippen LogP contribution in [0, 0.1) is 0 Å². The summed E-state index contributed by atoms with van der Waals surface area (Å²) in [4.78, 5) is 2.59. The maximum absolute atomic E-state index is 2.62. The van der Waals surface area contributed by atoms with Crippen LogP contribution in [0.1, 0.15) is 47.2 Å². The minimum Gasteiger partial charge on any atom is -0.310 e. The molecule has 14 rings (SSSR count). The molecule has 2 heterocycles. The fourth-order valence-corrected chi connectivity index (χ4v) is 16.3. The lowest BCUT2D eigenvalue weighted by Gasteiger charge is -2.50. The lowest BCUT2D eigenvalue weighted by molar-refractivity contribution is 0.660. The average Bonchev–Trinajstić information content (AvgIpc) is 3.82. The van der Waals surface area contributed by atoms with Crippen molar-refractivity contribution in [2.24, 2.45) is 0 Å². The lowest BCUT2D eigenvalue weighted by Crippen LogP contribution is -2.63. The zero-order chi connectivity index (χ0) is 44.8. The Bertz CT molecular complexity index is 3890. The van der Waals surface area contributed by atoms with Gasteiger partial charge in [-0.05, 0) is 126 Å². The van der Waals surface area contributed by atoms with Crippen LogP contribution in [0.5, 0.6) is 0 Å². The molecule has 318 valence electrons. The number of fused-ring (bicyclic) bond motifs is 14. The van der Waals surface area contributed by atoms with Gasteiger partial charge in [-0.2, -0.15) is 0 Å². The normalized spacial score (nSPS) is 16.7. The highest BCUT2D eigenvalue weighted by molar-refractivity contribution is 7.01. The molecule has 2 aliphatic carbocycles. The first-order valence-corrected chi connectivity index (χ1v) is 26.8. The van der Waals surface area contributed by atoms with Gasteiger partial charge in [-0.3, -0.25) is 0 Å². The maximum atomic E-state index is 2.62. The third-order valence-electron chi connectivity index (χ3n) is 16.0. The highest BCUT2D eigenvalue weighted by atomic mass is 28.3. The second-order valence-electron chi connectivity index (χ2n) is 20.0. The first kappa shape index (κ1) is 38.5. The van der Waals surface area contributed by atoms with E-state index in [1.807, 2.05) is 0 Å². The summed E-state index contributed by atoms with van der Waals surface area (Å²) in [5, 5.41) is 8.12. The second kappa shape index (κ2) is 13.7. The van der Waals surface area contributed by atoms with Gasteiger partial charge in [-0.1, -0.05) is 191 Å². The molecular weight excluding hydrogens is 825 g/mol. The van der Waals surface area contributed by atoms with E-state index in [-0.39, 0.29) is 5.41 Å². The Kier molecular flexibility index (Phi) is 7.86. The van der Waals surface area contributed by atoms with Crippen molar-refractivity contribution in [3.8, 4) is 27.9 Å². The largest absolute Gasteiger partial charge is 0.310 e. The minimum atomic E-state index is -2.36. The van der Waals surface area contributed by atoms with Crippen LogP contribution in [0.15, 0.2) is 218 Å². The van der Waals surface area contributed by atoms with Gasteiger partial charge >= 0.3 is 0 Å². The van der Waals surface area contributed by atoms with Crippen LogP contribution < -0.4 is 15.3 Å². The number of nitrogens with zero attached hydrogens (tertiary/aromatic N) is 2. The van der Waals surface area contributed by atoms with Gasteiger partial charge in [0.25, 0.3) is 0 Å². The molecule has 67 heavy (non-hydrogen) atoms. The zero-order valence-corrected chi connectivity index (χ0v) is 39.2. The molecule has 0 saturated heterocycles. The van der Waals surface area contributed by atoms with Crippen LogP contribution in [-0.2, 0) is 10.8 Å². The Balaban J connectivity index is 1.08. The predicted octanol–water partition coefficient (Wildman–Crippen LogP) is 15.2. The Morgan fingerprint density at radius 3 is 1.87 bits per heavy atom. The summed E-state index contributed by atoms with van der Waals surface area (Å²) in [7, 11) is -2.36. The van der Waals surface area contributed by atoms with Crippen molar-refractivity contribution in [3.05, 3.63) is 252 Å². The van der Waals surface area contributed by atoms with Gasteiger partial charge in [0.2, 0.25) is 0 Å². The fourth-order valence-electron chi connectivity index (χ4n) is 13.1.